The summed E-state index contributed by atoms with van der Waals surface area (Å²) in [4.78, 5) is 33.1. The summed E-state index contributed by atoms with van der Waals surface area (Å²) in [7, 11) is 0. The smallest absolute Gasteiger partial charge is 0.275 e. The van der Waals surface area contributed by atoms with Gasteiger partial charge in [0.2, 0.25) is 0 Å². The number of H-pyrrole nitrogens is 2. The van der Waals surface area contributed by atoms with E-state index in [1.807, 2.05) is 0 Å². The number of hydrogen-bond donors (Lipinski definition) is 2. The first-order chi connectivity index (χ1) is 13.0. The maximum absolute atomic E-state index is 13.2. The third-order valence-corrected chi connectivity index (χ3v) is 4.24. The molecule has 8 nitrogen and oxygen atoms in total. The summed E-state index contributed by atoms with van der Waals surface area (Å²) in [6.07, 6.45) is 0. The molecule has 4 rings (SSSR count). The molecule has 0 atom stereocenters. The molecule has 3 aromatic rings. The van der Waals surface area contributed by atoms with Crippen LogP contribution in [0.3, 0.4) is 0 Å². The van der Waals surface area contributed by atoms with Crippen LogP contribution in [-0.4, -0.2) is 31.0 Å². The number of fused-ring (bicyclic) bond motifs is 1. The minimum Gasteiger partial charge on any atom is -0.487 e. The van der Waals surface area contributed by atoms with Gasteiger partial charge in [0.1, 0.15) is 24.0 Å². The average Bonchev–Trinajstić information content (AvgIpc) is 3.26. The number of aromatic nitrogens is 4. The van der Waals surface area contributed by atoms with Gasteiger partial charge in [-0.2, -0.15) is 5.10 Å². The zero-order valence-corrected chi connectivity index (χ0v) is 14.5. The molecular weight excluding hydrogens is 353 g/mol. The number of carbonyl (C=O) groups excluding carboxylic acids is 1. The molecule has 1 aromatic carbocycles. The predicted octanol–water partition coefficient (Wildman–Crippen LogP) is 1.68. The molecule has 27 heavy (non-hydrogen) atoms. The van der Waals surface area contributed by atoms with Crippen molar-refractivity contribution in [3.8, 4) is 5.75 Å². The quantitative estimate of drug-likeness (QED) is 0.728. The summed E-state index contributed by atoms with van der Waals surface area (Å²) in [6, 6.07) is 7.37. The lowest BCUT2D eigenvalue weighted by Crippen LogP contribution is -2.26. The van der Waals surface area contributed by atoms with Crippen molar-refractivity contribution >= 4 is 5.91 Å². The number of rotatable bonds is 4. The molecule has 0 radical (unpaired) electrons. The molecule has 0 spiro atoms. The highest BCUT2D eigenvalue weighted by atomic mass is 19.1. The van der Waals surface area contributed by atoms with Crippen molar-refractivity contribution in [2.45, 2.75) is 26.6 Å². The largest absolute Gasteiger partial charge is 0.487 e. The van der Waals surface area contributed by atoms with E-state index in [1.165, 1.54) is 17.0 Å². The maximum Gasteiger partial charge on any atom is 0.275 e. The van der Waals surface area contributed by atoms with Gasteiger partial charge in [-0.1, -0.05) is 6.07 Å². The zero-order chi connectivity index (χ0) is 19.0. The van der Waals surface area contributed by atoms with Gasteiger partial charge in [0, 0.05) is 6.07 Å². The summed E-state index contributed by atoms with van der Waals surface area (Å²) in [5, 5.41) is 6.75. The van der Waals surface area contributed by atoms with E-state index in [9.17, 15) is 14.0 Å². The number of nitrogens with zero attached hydrogens (tertiary/aromatic N) is 3. The first kappa shape index (κ1) is 17.0. The van der Waals surface area contributed by atoms with Crippen LogP contribution >= 0.6 is 0 Å². The predicted molar refractivity (Wildman–Crippen MR) is 92.5 cm³/mol. The van der Waals surface area contributed by atoms with Crippen LogP contribution in [0.15, 0.2) is 35.1 Å². The molecule has 0 saturated heterocycles. The van der Waals surface area contributed by atoms with Gasteiger partial charge in [-0.25, -0.2) is 9.37 Å². The summed E-state index contributed by atoms with van der Waals surface area (Å²) in [6.45, 7) is 2.27. The van der Waals surface area contributed by atoms with E-state index in [2.05, 4.69) is 20.2 Å². The van der Waals surface area contributed by atoms with E-state index in [-0.39, 0.29) is 42.7 Å². The van der Waals surface area contributed by atoms with Crippen molar-refractivity contribution in [3.63, 3.8) is 0 Å². The Morgan fingerprint density at radius 1 is 1.33 bits per heavy atom. The number of halogens is 1. The number of hydrogen-bond acceptors (Lipinski definition) is 5. The van der Waals surface area contributed by atoms with Gasteiger partial charge in [-0.15, -0.1) is 0 Å². The van der Waals surface area contributed by atoms with Gasteiger partial charge in [0.05, 0.1) is 30.0 Å². The Morgan fingerprint density at radius 3 is 3.00 bits per heavy atom. The molecule has 1 aliphatic rings. The molecule has 0 fully saturated rings. The van der Waals surface area contributed by atoms with E-state index in [1.54, 1.807) is 25.1 Å². The highest BCUT2D eigenvalue weighted by Crippen LogP contribution is 2.20. The van der Waals surface area contributed by atoms with Crippen LogP contribution in [0.5, 0.6) is 5.75 Å². The third kappa shape index (κ3) is 3.43. The highest BCUT2D eigenvalue weighted by Gasteiger charge is 2.29. The topological polar surface area (TPSA) is 104 Å². The van der Waals surface area contributed by atoms with E-state index < -0.39 is 0 Å². The van der Waals surface area contributed by atoms with Crippen LogP contribution in [-0.2, 0) is 19.7 Å². The van der Waals surface area contributed by atoms with Gasteiger partial charge in [-0.3, -0.25) is 14.7 Å². The van der Waals surface area contributed by atoms with Crippen molar-refractivity contribution in [2.75, 3.05) is 0 Å². The number of aromatic amines is 2. The Kier molecular flexibility index (Phi) is 4.19. The fourth-order valence-electron chi connectivity index (χ4n) is 2.96. The molecule has 0 unspecified atom stereocenters. The Balaban J connectivity index is 1.43. The molecule has 1 amide bonds. The standard InChI is InChI=1S/C18H16FN5O3/c1-10-20-16-8-24(7-14(16)17(25)21-10)18(26)15-6-12(22-23-15)9-27-13-4-2-3-11(19)5-13/h2-6H,7-9H2,1H3,(H,22,23)(H,20,21,25). The lowest BCUT2D eigenvalue weighted by Gasteiger charge is -2.12. The molecule has 2 N–H and O–H groups in total. The van der Waals surface area contributed by atoms with Gasteiger partial charge >= 0.3 is 0 Å². The normalized spacial score (nSPS) is 12.9. The first-order valence-electron chi connectivity index (χ1n) is 8.30. The Labute approximate surface area is 153 Å². The monoisotopic (exact) mass is 369 g/mol. The zero-order valence-electron chi connectivity index (χ0n) is 14.5. The SMILES string of the molecule is Cc1nc2c(c(=O)[nH]1)CN(C(=O)c1cc(COc3cccc(F)c3)[nH]n1)C2. The number of nitrogens with one attached hydrogen (secondary N) is 2. The molecule has 9 heteroatoms. The van der Waals surface area contributed by atoms with Crippen LogP contribution < -0.4 is 10.3 Å². The fraction of sp³-hybridized carbons (Fsp3) is 0.222. The van der Waals surface area contributed by atoms with Gasteiger partial charge in [0.15, 0.2) is 5.69 Å². The highest BCUT2D eigenvalue weighted by molar-refractivity contribution is 5.92. The minimum atomic E-state index is -0.389. The molecule has 0 aliphatic carbocycles. The lowest BCUT2D eigenvalue weighted by molar-refractivity contribution is 0.0744. The van der Waals surface area contributed by atoms with Gasteiger partial charge in [-0.05, 0) is 25.1 Å². The average molecular weight is 369 g/mol. The summed E-state index contributed by atoms with van der Waals surface area (Å²) in [5.41, 5.74) is 1.67. The maximum atomic E-state index is 13.2. The lowest BCUT2D eigenvalue weighted by atomic mass is 10.3. The second kappa shape index (κ2) is 6.67. The Morgan fingerprint density at radius 2 is 2.19 bits per heavy atom. The molecular formula is C18H16FN5O3. The number of amides is 1. The summed E-state index contributed by atoms with van der Waals surface area (Å²) >= 11 is 0. The van der Waals surface area contributed by atoms with Gasteiger partial charge in [0.25, 0.3) is 11.5 Å². The van der Waals surface area contributed by atoms with Crippen LogP contribution in [0, 0.1) is 12.7 Å². The number of aryl methyl sites for hydroxylation is 1. The Hall–Kier alpha value is -3.49. The Bertz CT molecular complexity index is 1070. The second-order valence-corrected chi connectivity index (χ2v) is 6.26. The summed E-state index contributed by atoms with van der Waals surface area (Å²) < 4.78 is 18.6. The number of benzene rings is 1. The number of carbonyl (C=O) groups is 1. The molecule has 1 aliphatic heterocycles. The fourth-order valence-corrected chi connectivity index (χ4v) is 2.96. The van der Waals surface area contributed by atoms with Crippen LogP contribution in [0.4, 0.5) is 4.39 Å². The van der Waals surface area contributed by atoms with E-state index in [4.69, 9.17) is 4.74 Å². The van der Waals surface area contributed by atoms with Crippen molar-refractivity contribution in [3.05, 3.63) is 75.0 Å². The molecule has 138 valence electrons. The molecule has 3 heterocycles. The van der Waals surface area contributed by atoms with Crippen molar-refractivity contribution in [2.24, 2.45) is 0 Å². The van der Waals surface area contributed by atoms with Crippen molar-refractivity contribution < 1.29 is 13.9 Å². The minimum absolute atomic E-state index is 0.115. The van der Waals surface area contributed by atoms with E-state index >= 15 is 0 Å². The third-order valence-electron chi connectivity index (χ3n) is 4.24. The van der Waals surface area contributed by atoms with E-state index in [0.29, 0.717) is 28.5 Å². The second-order valence-electron chi connectivity index (χ2n) is 6.26. The first-order valence-corrected chi connectivity index (χ1v) is 8.30. The van der Waals surface area contributed by atoms with Crippen molar-refractivity contribution in [1.82, 2.24) is 25.1 Å². The van der Waals surface area contributed by atoms with Gasteiger partial charge < -0.3 is 14.6 Å². The van der Waals surface area contributed by atoms with Crippen LogP contribution in [0.1, 0.15) is 33.3 Å². The molecule has 0 saturated carbocycles. The van der Waals surface area contributed by atoms with Crippen LogP contribution in [0.2, 0.25) is 0 Å². The van der Waals surface area contributed by atoms with E-state index in [0.717, 1.165) is 0 Å². The molecule has 2 aromatic heterocycles. The number of ether oxygens (including phenoxy) is 1. The summed E-state index contributed by atoms with van der Waals surface area (Å²) in [5.74, 6) is 0.205. The van der Waals surface area contributed by atoms with Crippen LogP contribution in [0.25, 0.3) is 0 Å². The molecule has 0 bridgehead atoms. The van der Waals surface area contributed by atoms with Crippen molar-refractivity contribution in [1.29, 1.82) is 0 Å².